The summed E-state index contributed by atoms with van der Waals surface area (Å²) in [6.07, 6.45) is 2.37. The normalized spacial score (nSPS) is 17.4. The van der Waals surface area contributed by atoms with Gasteiger partial charge in [0.2, 0.25) is 5.78 Å². The average Bonchev–Trinajstić information content (AvgIpc) is 2.73. The van der Waals surface area contributed by atoms with E-state index >= 15 is 0 Å². The molecule has 2 aromatic carbocycles. The highest BCUT2D eigenvalue weighted by atomic mass is 16.5. The Hall–Kier alpha value is -3.15. The maximum absolute atomic E-state index is 13.2. The summed E-state index contributed by atoms with van der Waals surface area (Å²) < 4.78 is 5.24. The maximum atomic E-state index is 13.2. The Kier molecular flexibility index (Phi) is 4.65. The summed E-state index contributed by atoms with van der Waals surface area (Å²) in [5.41, 5.74) is 0.702. The maximum Gasteiger partial charge on any atom is 0.202 e. The number of aromatic hydroxyl groups is 2. The number of hydrogen-bond acceptors (Lipinski definition) is 6. The number of phenolic OH excluding ortho intramolecular Hbond substituents is 2. The Morgan fingerprint density at radius 1 is 1.07 bits per heavy atom. The van der Waals surface area contributed by atoms with Crippen molar-refractivity contribution in [2.24, 2.45) is 5.92 Å². The number of Topliss-reactive ketones (excluding diaryl/α,β-unsaturated/α-hetero) is 1. The second-order valence-electron chi connectivity index (χ2n) is 7.60. The van der Waals surface area contributed by atoms with E-state index < -0.39 is 11.6 Å². The third kappa shape index (κ3) is 2.74. The fraction of sp³-hybridized carbons (Fsp3) is 0.348. The van der Waals surface area contributed by atoms with E-state index in [9.17, 15) is 24.6 Å². The van der Waals surface area contributed by atoms with Crippen LogP contribution in [0.2, 0.25) is 0 Å². The van der Waals surface area contributed by atoms with Crippen LogP contribution in [-0.4, -0.2) is 34.7 Å². The lowest BCUT2D eigenvalue weighted by molar-refractivity contribution is -0.123. The van der Waals surface area contributed by atoms with Crippen LogP contribution in [0.5, 0.6) is 17.2 Å². The van der Waals surface area contributed by atoms with Gasteiger partial charge in [-0.05, 0) is 31.7 Å². The molecule has 29 heavy (non-hydrogen) atoms. The van der Waals surface area contributed by atoms with Gasteiger partial charge < -0.3 is 14.9 Å². The molecule has 0 bridgehead atoms. The molecule has 4 rings (SSSR count). The summed E-state index contributed by atoms with van der Waals surface area (Å²) in [5.74, 6) is -1.55. The highest BCUT2D eigenvalue weighted by molar-refractivity contribution is 6.31. The first-order valence-corrected chi connectivity index (χ1v) is 9.79. The van der Waals surface area contributed by atoms with Crippen LogP contribution in [0.1, 0.15) is 69.2 Å². The second kappa shape index (κ2) is 7.03. The van der Waals surface area contributed by atoms with Crippen molar-refractivity contribution in [3.8, 4) is 17.2 Å². The SMILES string of the molecule is CCCC(=O)C1CCc2c(O)c3c(c(O)c2C1)C(=O)c1cccc(OC)c1C3=O. The van der Waals surface area contributed by atoms with Crippen molar-refractivity contribution in [2.75, 3.05) is 7.11 Å². The third-order valence-corrected chi connectivity index (χ3v) is 5.98. The molecule has 2 aliphatic rings. The molecule has 2 N–H and O–H groups in total. The lowest BCUT2D eigenvalue weighted by Gasteiger charge is -2.29. The Bertz CT molecular complexity index is 1070. The van der Waals surface area contributed by atoms with Crippen molar-refractivity contribution in [2.45, 2.75) is 39.0 Å². The number of carbonyl (C=O) groups is 3. The molecule has 0 spiro atoms. The molecule has 0 radical (unpaired) electrons. The predicted molar refractivity (Wildman–Crippen MR) is 105 cm³/mol. The molecule has 0 saturated heterocycles. The van der Waals surface area contributed by atoms with E-state index in [4.69, 9.17) is 4.74 Å². The molecule has 6 nitrogen and oxygen atoms in total. The summed E-state index contributed by atoms with van der Waals surface area (Å²) in [5, 5.41) is 21.8. The van der Waals surface area contributed by atoms with Gasteiger partial charge in [0, 0.05) is 29.0 Å². The van der Waals surface area contributed by atoms with Crippen LogP contribution in [0, 0.1) is 5.92 Å². The van der Waals surface area contributed by atoms with Crippen molar-refractivity contribution in [1.82, 2.24) is 0 Å². The van der Waals surface area contributed by atoms with Gasteiger partial charge in [-0.25, -0.2) is 0 Å². The lowest BCUT2D eigenvalue weighted by atomic mass is 9.74. The fourth-order valence-corrected chi connectivity index (χ4v) is 4.53. The average molecular weight is 394 g/mol. The van der Waals surface area contributed by atoms with Crippen LogP contribution >= 0.6 is 0 Å². The minimum Gasteiger partial charge on any atom is -0.507 e. The first-order valence-electron chi connectivity index (χ1n) is 9.79. The quantitative estimate of drug-likeness (QED) is 0.658. The number of ether oxygens (including phenoxy) is 1. The number of ketones is 3. The summed E-state index contributed by atoms with van der Waals surface area (Å²) >= 11 is 0. The minimum atomic E-state index is -0.549. The van der Waals surface area contributed by atoms with E-state index in [0.717, 1.165) is 6.42 Å². The highest BCUT2D eigenvalue weighted by Crippen LogP contribution is 2.47. The topological polar surface area (TPSA) is 101 Å². The number of benzene rings is 2. The molecule has 2 aromatic rings. The van der Waals surface area contributed by atoms with E-state index in [1.165, 1.54) is 13.2 Å². The number of hydrogen-bond donors (Lipinski definition) is 2. The van der Waals surface area contributed by atoms with Crippen LogP contribution < -0.4 is 4.74 Å². The zero-order valence-corrected chi connectivity index (χ0v) is 16.4. The van der Waals surface area contributed by atoms with Gasteiger partial charge in [0.1, 0.15) is 23.0 Å². The van der Waals surface area contributed by atoms with Crippen molar-refractivity contribution in [3.05, 3.63) is 51.6 Å². The monoisotopic (exact) mass is 394 g/mol. The number of carbonyl (C=O) groups excluding carboxylic acids is 3. The number of phenols is 2. The van der Waals surface area contributed by atoms with Gasteiger partial charge in [-0.15, -0.1) is 0 Å². The Morgan fingerprint density at radius 3 is 2.45 bits per heavy atom. The smallest absolute Gasteiger partial charge is 0.202 e. The molecule has 6 heteroatoms. The molecule has 1 atom stereocenters. The summed E-state index contributed by atoms with van der Waals surface area (Å²) in [7, 11) is 1.40. The zero-order valence-electron chi connectivity index (χ0n) is 16.4. The second-order valence-corrected chi connectivity index (χ2v) is 7.60. The summed E-state index contributed by atoms with van der Waals surface area (Å²) in [4.78, 5) is 38.7. The van der Waals surface area contributed by atoms with Crippen molar-refractivity contribution in [3.63, 3.8) is 0 Å². The van der Waals surface area contributed by atoms with Gasteiger partial charge >= 0.3 is 0 Å². The molecule has 1 unspecified atom stereocenters. The van der Waals surface area contributed by atoms with Gasteiger partial charge in [-0.1, -0.05) is 19.1 Å². The highest BCUT2D eigenvalue weighted by Gasteiger charge is 2.40. The van der Waals surface area contributed by atoms with Crippen LogP contribution in [0.4, 0.5) is 0 Å². The summed E-state index contributed by atoms with van der Waals surface area (Å²) in [6.45, 7) is 1.93. The molecule has 0 amide bonds. The van der Waals surface area contributed by atoms with Crippen molar-refractivity contribution < 1.29 is 29.3 Å². The van der Waals surface area contributed by atoms with Crippen LogP contribution in [0.25, 0.3) is 0 Å². The van der Waals surface area contributed by atoms with Gasteiger partial charge in [0.25, 0.3) is 0 Å². The molecule has 2 aliphatic carbocycles. The van der Waals surface area contributed by atoms with E-state index in [2.05, 4.69) is 0 Å². The lowest BCUT2D eigenvalue weighted by Crippen LogP contribution is -2.27. The fourth-order valence-electron chi connectivity index (χ4n) is 4.53. The third-order valence-electron chi connectivity index (χ3n) is 5.98. The molecule has 0 heterocycles. The van der Waals surface area contributed by atoms with Crippen LogP contribution in [0.15, 0.2) is 18.2 Å². The standard InChI is InChI=1S/C23H22O6/c1-3-5-15(24)11-8-9-12-14(10-11)22(27)18-19(20(12)25)23(28)17-13(21(18)26)6-4-7-16(17)29-2/h4,6-7,11,25,27H,3,5,8-10H2,1-2H3. The van der Waals surface area contributed by atoms with Gasteiger partial charge in [-0.2, -0.15) is 0 Å². The largest absolute Gasteiger partial charge is 0.507 e. The van der Waals surface area contributed by atoms with E-state index in [0.29, 0.717) is 30.4 Å². The van der Waals surface area contributed by atoms with Gasteiger partial charge in [0.05, 0.1) is 23.8 Å². The minimum absolute atomic E-state index is 0.0916. The van der Waals surface area contributed by atoms with E-state index in [-0.39, 0.29) is 57.6 Å². The van der Waals surface area contributed by atoms with Gasteiger partial charge in [-0.3, -0.25) is 14.4 Å². The van der Waals surface area contributed by atoms with Crippen molar-refractivity contribution in [1.29, 1.82) is 0 Å². The van der Waals surface area contributed by atoms with Crippen LogP contribution in [-0.2, 0) is 17.6 Å². The number of rotatable bonds is 4. The predicted octanol–water partition coefficient (Wildman–Crippen LogP) is 3.36. The number of fused-ring (bicyclic) bond motifs is 3. The molecule has 0 fully saturated rings. The van der Waals surface area contributed by atoms with Gasteiger partial charge in [0.15, 0.2) is 5.78 Å². The molecule has 0 aromatic heterocycles. The molecular formula is C23H22O6. The van der Waals surface area contributed by atoms with Crippen molar-refractivity contribution >= 4 is 17.3 Å². The Morgan fingerprint density at radius 2 is 1.76 bits per heavy atom. The Labute approximate surface area is 168 Å². The summed E-state index contributed by atoms with van der Waals surface area (Å²) in [6, 6.07) is 4.68. The molecule has 150 valence electrons. The Balaban J connectivity index is 1.90. The zero-order chi connectivity index (χ0) is 20.9. The van der Waals surface area contributed by atoms with E-state index in [1.54, 1.807) is 12.1 Å². The first-order chi connectivity index (χ1) is 13.9. The van der Waals surface area contributed by atoms with Crippen LogP contribution in [0.3, 0.4) is 0 Å². The molecular weight excluding hydrogens is 372 g/mol. The first kappa shape index (κ1) is 19.2. The van der Waals surface area contributed by atoms with E-state index in [1.807, 2.05) is 6.92 Å². The molecule has 0 saturated carbocycles. The number of methoxy groups -OCH3 is 1. The molecule has 0 aliphatic heterocycles.